The second kappa shape index (κ2) is 7.88. The van der Waals surface area contributed by atoms with Crippen molar-refractivity contribution in [1.29, 1.82) is 0 Å². The minimum Gasteiger partial charge on any atom is -0.315 e. The lowest BCUT2D eigenvalue weighted by Gasteiger charge is -2.32. The Bertz CT molecular complexity index is 831. The quantitative estimate of drug-likeness (QED) is 0.688. The smallest absolute Gasteiger partial charge is 0.210 e. The summed E-state index contributed by atoms with van der Waals surface area (Å²) >= 11 is 1.45. The fourth-order valence-corrected chi connectivity index (χ4v) is 3.90. The van der Waals surface area contributed by atoms with Crippen LogP contribution in [0, 0.1) is 12.8 Å². The minimum absolute atomic E-state index is 0.611. The molecule has 4 heterocycles. The van der Waals surface area contributed by atoms with Crippen LogP contribution < -0.4 is 5.32 Å². The maximum atomic E-state index is 4.46. The first kappa shape index (κ1) is 17.0. The van der Waals surface area contributed by atoms with E-state index in [1.807, 2.05) is 12.3 Å². The Morgan fingerprint density at radius 3 is 3.15 bits per heavy atom. The molecular weight excluding hydrogens is 348 g/mol. The lowest BCUT2D eigenvalue weighted by atomic mass is 9.93. The largest absolute Gasteiger partial charge is 0.315 e. The number of hydrogen-bond acceptors (Lipinski definition) is 8. The Kier molecular flexibility index (Phi) is 5.16. The van der Waals surface area contributed by atoms with Gasteiger partial charge in [0.1, 0.15) is 17.7 Å². The zero-order valence-corrected chi connectivity index (χ0v) is 15.5. The summed E-state index contributed by atoms with van der Waals surface area (Å²) in [4.78, 5) is 11.3. The maximum Gasteiger partial charge on any atom is 0.210 e. The molecule has 9 heteroatoms. The Balaban J connectivity index is 1.36. The number of rotatable bonds is 6. The van der Waals surface area contributed by atoms with Crippen molar-refractivity contribution < 1.29 is 0 Å². The van der Waals surface area contributed by atoms with Crippen molar-refractivity contribution in [2.45, 2.75) is 32.7 Å². The van der Waals surface area contributed by atoms with E-state index in [1.165, 1.54) is 29.7 Å². The number of hydrogen-bond donors (Lipinski definition) is 2. The van der Waals surface area contributed by atoms with Gasteiger partial charge in [0.15, 0.2) is 0 Å². The van der Waals surface area contributed by atoms with E-state index in [0.717, 1.165) is 48.4 Å². The molecule has 0 aromatic carbocycles. The fraction of sp³-hybridized carbons (Fsp3) is 0.471. The Labute approximate surface area is 156 Å². The zero-order chi connectivity index (χ0) is 17.8. The molecule has 0 bridgehead atoms. The second-order valence-electron chi connectivity index (χ2n) is 6.73. The van der Waals surface area contributed by atoms with E-state index < -0.39 is 0 Å². The number of likely N-dealkylation sites (tertiary alicyclic amines) is 1. The fourth-order valence-electron chi connectivity index (χ4n) is 3.45. The van der Waals surface area contributed by atoms with Crippen molar-refractivity contribution in [3.63, 3.8) is 0 Å². The first-order valence-corrected chi connectivity index (χ1v) is 9.69. The zero-order valence-electron chi connectivity index (χ0n) is 14.7. The van der Waals surface area contributed by atoms with E-state index in [9.17, 15) is 0 Å². The van der Waals surface area contributed by atoms with E-state index in [-0.39, 0.29) is 0 Å². The van der Waals surface area contributed by atoms with Gasteiger partial charge in [-0.2, -0.15) is 5.10 Å². The Hall–Kier alpha value is -2.39. The first-order valence-electron chi connectivity index (χ1n) is 8.81. The first-order chi connectivity index (χ1) is 12.8. The van der Waals surface area contributed by atoms with Gasteiger partial charge in [0.2, 0.25) is 5.13 Å². The van der Waals surface area contributed by atoms with Crippen molar-refractivity contribution in [1.82, 2.24) is 35.3 Å². The molecule has 0 amide bonds. The van der Waals surface area contributed by atoms with Gasteiger partial charge in [0.25, 0.3) is 0 Å². The molecule has 1 saturated heterocycles. The van der Waals surface area contributed by atoms with Gasteiger partial charge in [-0.3, -0.25) is 10.00 Å². The van der Waals surface area contributed by atoms with Crippen LogP contribution in [0.3, 0.4) is 0 Å². The summed E-state index contributed by atoms with van der Waals surface area (Å²) in [6.45, 7) is 5.28. The Morgan fingerprint density at radius 1 is 1.38 bits per heavy atom. The SMILES string of the molecule is Cc1[nH]ncc1CN1CCCC(Cc2cc(Nc3nncs3)ncn2)C1. The highest BCUT2D eigenvalue weighted by Crippen LogP contribution is 2.23. The number of aromatic amines is 1. The van der Waals surface area contributed by atoms with Crippen LogP contribution in [0.2, 0.25) is 0 Å². The number of nitrogens with one attached hydrogen (secondary N) is 2. The van der Waals surface area contributed by atoms with Crippen LogP contribution in [0.15, 0.2) is 24.1 Å². The van der Waals surface area contributed by atoms with Gasteiger partial charge < -0.3 is 5.32 Å². The highest BCUT2D eigenvalue weighted by molar-refractivity contribution is 7.13. The molecular formula is C17H22N8S. The van der Waals surface area contributed by atoms with Crippen LogP contribution in [-0.4, -0.2) is 48.4 Å². The van der Waals surface area contributed by atoms with Crippen LogP contribution in [0.4, 0.5) is 10.9 Å². The van der Waals surface area contributed by atoms with Crippen molar-refractivity contribution >= 4 is 22.3 Å². The standard InChI is InChI=1S/C17H22N8S/c1-12-14(7-20-23-12)9-25-4-2-3-13(8-25)5-15-6-16(19-10-18-15)22-17-24-21-11-26-17/h6-7,10-11,13H,2-5,8-9H2,1H3,(H,20,23)(H,18,19,22,24). The van der Waals surface area contributed by atoms with Crippen molar-refractivity contribution in [3.8, 4) is 0 Å². The molecule has 0 spiro atoms. The lowest BCUT2D eigenvalue weighted by Crippen LogP contribution is -2.35. The van der Waals surface area contributed by atoms with E-state index in [0.29, 0.717) is 5.92 Å². The molecule has 1 aliphatic rings. The molecule has 8 nitrogen and oxygen atoms in total. The van der Waals surface area contributed by atoms with E-state index in [4.69, 9.17) is 0 Å². The number of nitrogens with zero attached hydrogens (tertiary/aromatic N) is 6. The van der Waals surface area contributed by atoms with Crippen molar-refractivity contribution in [3.05, 3.63) is 41.1 Å². The predicted molar refractivity (Wildman–Crippen MR) is 100 cm³/mol. The van der Waals surface area contributed by atoms with Gasteiger partial charge in [-0.15, -0.1) is 10.2 Å². The van der Waals surface area contributed by atoms with E-state index in [1.54, 1.807) is 11.8 Å². The molecule has 136 valence electrons. The minimum atomic E-state index is 0.611. The van der Waals surface area contributed by atoms with Gasteiger partial charge in [-0.05, 0) is 38.6 Å². The van der Waals surface area contributed by atoms with Crippen molar-refractivity contribution in [2.75, 3.05) is 18.4 Å². The summed E-state index contributed by atoms with van der Waals surface area (Å²) in [7, 11) is 0. The highest BCUT2D eigenvalue weighted by Gasteiger charge is 2.21. The number of aromatic nitrogens is 6. The molecule has 0 radical (unpaired) electrons. The van der Waals surface area contributed by atoms with Crippen LogP contribution >= 0.6 is 11.3 Å². The summed E-state index contributed by atoms with van der Waals surface area (Å²) in [6.07, 6.45) is 6.99. The van der Waals surface area contributed by atoms with E-state index in [2.05, 4.69) is 47.5 Å². The van der Waals surface area contributed by atoms with Crippen LogP contribution in [0.1, 0.15) is 29.8 Å². The summed E-state index contributed by atoms with van der Waals surface area (Å²) in [5.41, 5.74) is 5.22. The molecule has 0 saturated carbocycles. The summed E-state index contributed by atoms with van der Waals surface area (Å²) in [5, 5.41) is 18.9. The third-order valence-electron chi connectivity index (χ3n) is 4.75. The number of piperidine rings is 1. The highest BCUT2D eigenvalue weighted by atomic mass is 32.1. The molecule has 26 heavy (non-hydrogen) atoms. The number of anilines is 2. The topological polar surface area (TPSA) is 95.5 Å². The average Bonchev–Trinajstić information content (AvgIpc) is 3.28. The monoisotopic (exact) mass is 370 g/mol. The van der Waals surface area contributed by atoms with Gasteiger partial charge in [0.05, 0.1) is 6.20 Å². The normalized spacial score (nSPS) is 18.1. The number of H-pyrrole nitrogens is 1. The van der Waals surface area contributed by atoms with Crippen LogP contribution in [0.25, 0.3) is 0 Å². The molecule has 4 rings (SSSR count). The van der Waals surface area contributed by atoms with Gasteiger partial charge in [0, 0.05) is 36.1 Å². The Morgan fingerprint density at radius 2 is 2.35 bits per heavy atom. The molecule has 3 aromatic heterocycles. The third-order valence-corrected chi connectivity index (χ3v) is 5.35. The molecule has 2 N–H and O–H groups in total. The maximum absolute atomic E-state index is 4.46. The number of aryl methyl sites for hydroxylation is 1. The molecule has 1 aliphatic heterocycles. The van der Waals surface area contributed by atoms with E-state index >= 15 is 0 Å². The third kappa shape index (κ3) is 4.23. The molecule has 1 fully saturated rings. The molecule has 1 atom stereocenters. The van der Waals surface area contributed by atoms with Gasteiger partial charge in [-0.25, -0.2) is 9.97 Å². The second-order valence-corrected chi connectivity index (χ2v) is 7.56. The summed E-state index contributed by atoms with van der Waals surface area (Å²) < 4.78 is 0. The van der Waals surface area contributed by atoms with Crippen LogP contribution in [0.5, 0.6) is 0 Å². The van der Waals surface area contributed by atoms with Gasteiger partial charge >= 0.3 is 0 Å². The summed E-state index contributed by atoms with van der Waals surface area (Å²) in [5.74, 6) is 1.38. The molecule has 0 aliphatic carbocycles. The molecule has 1 unspecified atom stereocenters. The van der Waals surface area contributed by atoms with Crippen LogP contribution in [-0.2, 0) is 13.0 Å². The lowest BCUT2D eigenvalue weighted by molar-refractivity contribution is 0.166. The van der Waals surface area contributed by atoms with Crippen molar-refractivity contribution in [2.24, 2.45) is 5.92 Å². The average molecular weight is 370 g/mol. The summed E-state index contributed by atoms with van der Waals surface area (Å²) in [6, 6.07) is 2.01. The predicted octanol–water partition coefficient (Wildman–Crippen LogP) is 2.56. The van der Waals surface area contributed by atoms with Gasteiger partial charge in [-0.1, -0.05) is 11.3 Å². The molecule has 3 aromatic rings.